The summed E-state index contributed by atoms with van der Waals surface area (Å²) in [4.78, 5) is 46.4. The van der Waals surface area contributed by atoms with Crippen molar-refractivity contribution in [1.82, 2.24) is 0 Å². The topological polar surface area (TPSA) is 133 Å². The Hall–Kier alpha value is -0.860. The van der Waals surface area contributed by atoms with Crippen LogP contribution in [0.3, 0.4) is 0 Å². The zero-order valence-corrected chi connectivity index (χ0v) is 55.8. The fourth-order valence-electron chi connectivity index (χ4n) is 10.9. The SMILES string of the molecule is CCCCCCCCCCCCCCCCC(=O)OC(CCCCCCCCCCCC)CCCCC(=O)[O-].CCCCCCCCCCCCCCCCC(=O)OC(CCCCCCCCCCCC)CCCCC(=O)[O-].[Ca+2]. The van der Waals surface area contributed by atoms with Gasteiger partial charge >= 0.3 is 49.7 Å². The van der Waals surface area contributed by atoms with Crippen LogP contribution >= 0.6 is 0 Å². The van der Waals surface area contributed by atoms with Crippen molar-refractivity contribution >= 4 is 61.6 Å². The standard InChI is InChI=1S/2C35H68O4.Ca/c2*1-3-5-7-9-11-13-15-16-17-18-20-22-24-26-32-35(38)39-33(30-27-28-31-34(36)37)29-25-23-21-19-14-12-10-8-6-4-2;/h2*33H,3-32H2,1-2H3,(H,36,37);/q;;+2/p-2. The van der Waals surface area contributed by atoms with Crippen molar-refractivity contribution < 1.29 is 38.9 Å². The summed E-state index contributed by atoms with van der Waals surface area (Å²) in [6.07, 6.45) is 69.9. The number of hydrogen-bond donors (Lipinski definition) is 0. The van der Waals surface area contributed by atoms with Crippen molar-refractivity contribution in [3.63, 3.8) is 0 Å². The number of carbonyl (C=O) groups excluding carboxylic acids is 4. The summed E-state index contributed by atoms with van der Waals surface area (Å²) in [6.45, 7) is 9.06. The molecule has 0 radical (unpaired) electrons. The second-order valence-electron chi connectivity index (χ2n) is 24.1. The molecule has 0 rings (SSSR count). The van der Waals surface area contributed by atoms with Crippen LogP contribution in [0.2, 0.25) is 0 Å². The van der Waals surface area contributed by atoms with Gasteiger partial charge in [-0.15, -0.1) is 0 Å². The molecule has 0 aromatic rings. The molecule has 0 aliphatic rings. The van der Waals surface area contributed by atoms with Gasteiger partial charge in [0, 0.05) is 24.8 Å². The van der Waals surface area contributed by atoms with Crippen LogP contribution in [0.1, 0.15) is 413 Å². The molecule has 0 saturated carbocycles. The molecule has 0 spiro atoms. The summed E-state index contributed by atoms with van der Waals surface area (Å²) in [5.41, 5.74) is 0. The van der Waals surface area contributed by atoms with E-state index in [1.54, 1.807) is 0 Å². The molecule has 464 valence electrons. The molecule has 0 N–H and O–H groups in total. The van der Waals surface area contributed by atoms with Gasteiger partial charge in [-0.25, -0.2) is 0 Å². The van der Waals surface area contributed by atoms with E-state index < -0.39 is 11.9 Å². The van der Waals surface area contributed by atoms with Gasteiger partial charge in [-0.05, 0) is 89.9 Å². The zero-order chi connectivity index (χ0) is 57.3. The number of carboxylic acid groups (broad SMARTS) is 2. The fraction of sp³-hybridized carbons (Fsp3) is 0.943. The van der Waals surface area contributed by atoms with Gasteiger partial charge in [-0.2, -0.15) is 0 Å². The maximum absolute atomic E-state index is 12.5. The van der Waals surface area contributed by atoms with Gasteiger partial charge < -0.3 is 29.3 Å². The molecule has 0 fully saturated rings. The molecule has 79 heavy (non-hydrogen) atoms. The first kappa shape index (κ1) is 82.4. The van der Waals surface area contributed by atoms with Gasteiger partial charge in [-0.3, -0.25) is 9.59 Å². The normalized spacial score (nSPS) is 11.9. The Morgan fingerprint density at radius 2 is 0.392 bits per heavy atom. The molecular formula is C70H134CaO8. The Bertz CT molecular complexity index is 1140. The molecular weight excluding hydrogens is 1010 g/mol. The predicted molar refractivity (Wildman–Crippen MR) is 335 cm³/mol. The van der Waals surface area contributed by atoms with Gasteiger partial charge in [0.2, 0.25) is 0 Å². The minimum Gasteiger partial charge on any atom is -0.550 e. The van der Waals surface area contributed by atoms with Crippen molar-refractivity contribution in [2.24, 2.45) is 0 Å². The molecule has 2 atom stereocenters. The molecule has 0 bridgehead atoms. The van der Waals surface area contributed by atoms with Crippen molar-refractivity contribution in [1.29, 1.82) is 0 Å². The van der Waals surface area contributed by atoms with E-state index >= 15 is 0 Å². The van der Waals surface area contributed by atoms with Crippen LogP contribution in [0, 0.1) is 0 Å². The van der Waals surface area contributed by atoms with Gasteiger partial charge in [0.1, 0.15) is 12.2 Å². The van der Waals surface area contributed by atoms with E-state index in [0.717, 1.165) is 77.0 Å². The molecule has 0 aliphatic carbocycles. The zero-order valence-electron chi connectivity index (χ0n) is 53.6. The van der Waals surface area contributed by atoms with E-state index in [1.807, 2.05) is 0 Å². The second kappa shape index (κ2) is 71.4. The number of carbonyl (C=O) groups is 4. The maximum atomic E-state index is 12.5. The minimum atomic E-state index is -0.990. The van der Waals surface area contributed by atoms with E-state index in [1.165, 1.54) is 270 Å². The number of hydrogen-bond acceptors (Lipinski definition) is 8. The number of esters is 2. The van der Waals surface area contributed by atoms with Gasteiger partial charge in [0.25, 0.3) is 0 Å². The van der Waals surface area contributed by atoms with Gasteiger partial charge in [0.05, 0.1) is 0 Å². The van der Waals surface area contributed by atoms with Gasteiger partial charge in [-0.1, -0.05) is 310 Å². The van der Waals surface area contributed by atoms with Crippen molar-refractivity contribution in [3.05, 3.63) is 0 Å². The molecule has 9 heteroatoms. The van der Waals surface area contributed by atoms with E-state index in [9.17, 15) is 29.4 Å². The smallest absolute Gasteiger partial charge is 0.550 e. The first-order valence-electron chi connectivity index (χ1n) is 35.0. The van der Waals surface area contributed by atoms with Crippen molar-refractivity contribution in [2.75, 3.05) is 0 Å². The summed E-state index contributed by atoms with van der Waals surface area (Å²) in [7, 11) is 0. The summed E-state index contributed by atoms with van der Waals surface area (Å²) in [5, 5.41) is 21.4. The van der Waals surface area contributed by atoms with Crippen LogP contribution in [0.25, 0.3) is 0 Å². The fourth-order valence-corrected chi connectivity index (χ4v) is 10.9. The summed E-state index contributed by atoms with van der Waals surface area (Å²) in [6, 6.07) is 0. The van der Waals surface area contributed by atoms with E-state index in [-0.39, 0.29) is 74.7 Å². The molecule has 0 aliphatic heterocycles. The molecule has 2 unspecified atom stereocenters. The van der Waals surface area contributed by atoms with Crippen molar-refractivity contribution in [3.8, 4) is 0 Å². The molecule has 0 heterocycles. The number of unbranched alkanes of at least 4 members (excludes halogenated alkanes) is 46. The van der Waals surface area contributed by atoms with Crippen LogP contribution in [-0.2, 0) is 28.7 Å². The van der Waals surface area contributed by atoms with Crippen LogP contribution in [-0.4, -0.2) is 73.8 Å². The van der Waals surface area contributed by atoms with E-state index in [2.05, 4.69) is 27.7 Å². The Morgan fingerprint density at radius 3 is 0.582 bits per heavy atom. The first-order chi connectivity index (χ1) is 38.2. The van der Waals surface area contributed by atoms with E-state index in [4.69, 9.17) is 9.47 Å². The molecule has 0 aromatic heterocycles. The third-order valence-corrected chi connectivity index (χ3v) is 16.1. The number of aliphatic carboxylic acids is 2. The predicted octanol–water partition coefficient (Wildman–Crippen LogP) is 20.4. The van der Waals surface area contributed by atoms with Crippen LogP contribution in [0.5, 0.6) is 0 Å². The number of carboxylic acids is 2. The minimum absolute atomic E-state index is 0. The van der Waals surface area contributed by atoms with Crippen LogP contribution in [0.15, 0.2) is 0 Å². The van der Waals surface area contributed by atoms with Crippen LogP contribution < -0.4 is 10.2 Å². The maximum Gasteiger partial charge on any atom is 2.00 e. The quantitative estimate of drug-likeness (QED) is 0.0334. The summed E-state index contributed by atoms with van der Waals surface area (Å²) in [5.74, 6) is -2.11. The van der Waals surface area contributed by atoms with Gasteiger partial charge in [0.15, 0.2) is 0 Å². The van der Waals surface area contributed by atoms with Crippen molar-refractivity contribution in [2.45, 2.75) is 425 Å². The Balaban J connectivity index is -0.00000144. The Labute approximate surface area is 522 Å². The average Bonchev–Trinajstić information content (AvgIpc) is 3.42. The summed E-state index contributed by atoms with van der Waals surface area (Å²) < 4.78 is 11.7. The molecule has 0 aromatic carbocycles. The second-order valence-corrected chi connectivity index (χ2v) is 24.1. The Morgan fingerprint density at radius 1 is 0.241 bits per heavy atom. The Kier molecular flexibility index (Phi) is 74.4. The summed E-state index contributed by atoms with van der Waals surface area (Å²) >= 11 is 0. The third-order valence-electron chi connectivity index (χ3n) is 16.1. The molecule has 8 nitrogen and oxygen atoms in total. The monoisotopic (exact) mass is 1140 g/mol. The first-order valence-corrected chi connectivity index (χ1v) is 35.0. The molecule has 0 saturated heterocycles. The molecule has 0 amide bonds. The third kappa shape index (κ3) is 73.2. The largest absolute Gasteiger partial charge is 2.00 e. The van der Waals surface area contributed by atoms with E-state index in [0.29, 0.717) is 25.7 Å². The van der Waals surface area contributed by atoms with Crippen LogP contribution in [0.4, 0.5) is 0 Å². The average molecular weight is 1140 g/mol. The number of ether oxygens (including phenoxy) is 2. The number of rotatable bonds is 64.